The second kappa shape index (κ2) is 11.6. The van der Waals surface area contributed by atoms with Gasteiger partial charge in [0.25, 0.3) is 5.91 Å². The Morgan fingerprint density at radius 1 is 1.09 bits per heavy atom. The SMILES string of the molecule is CC[C@@H](C(=O)NC(C)(C)C)N(Cc1ccc(Cl)c(Cl)c1)C(=O)COc1cc(C)c(Br)c(C)c1. The third kappa shape index (κ3) is 7.90. The fourth-order valence-corrected chi connectivity index (χ4v) is 3.97. The van der Waals surface area contributed by atoms with E-state index in [-0.39, 0.29) is 25.0 Å². The van der Waals surface area contributed by atoms with Crippen LogP contribution in [0.1, 0.15) is 50.8 Å². The minimum atomic E-state index is -0.664. The van der Waals surface area contributed by atoms with Crippen LogP contribution < -0.4 is 10.1 Å². The molecule has 1 atom stereocenters. The normalized spacial score (nSPS) is 12.3. The van der Waals surface area contributed by atoms with Crippen LogP contribution in [0.2, 0.25) is 10.0 Å². The van der Waals surface area contributed by atoms with Crippen molar-refractivity contribution < 1.29 is 14.3 Å². The van der Waals surface area contributed by atoms with Crippen molar-refractivity contribution in [1.29, 1.82) is 0 Å². The van der Waals surface area contributed by atoms with Crippen LogP contribution in [0.5, 0.6) is 5.75 Å². The summed E-state index contributed by atoms with van der Waals surface area (Å²) < 4.78 is 6.84. The molecule has 0 fully saturated rings. The van der Waals surface area contributed by atoms with E-state index in [0.717, 1.165) is 21.2 Å². The number of hydrogen-bond acceptors (Lipinski definition) is 3. The van der Waals surface area contributed by atoms with Gasteiger partial charge in [-0.3, -0.25) is 9.59 Å². The predicted molar refractivity (Wildman–Crippen MR) is 138 cm³/mol. The summed E-state index contributed by atoms with van der Waals surface area (Å²) in [6.45, 7) is 11.5. The third-order valence-electron chi connectivity index (χ3n) is 4.99. The summed E-state index contributed by atoms with van der Waals surface area (Å²) >= 11 is 15.8. The van der Waals surface area contributed by atoms with Gasteiger partial charge in [0.1, 0.15) is 11.8 Å². The molecular formula is C25H31BrCl2N2O3. The molecule has 0 saturated carbocycles. The molecular weight excluding hydrogens is 527 g/mol. The van der Waals surface area contributed by atoms with E-state index in [1.165, 1.54) is 0 Å². The van der Waals surface area contributed by atoms with Crippen molar-refractivity contribution in [3.05, 3.63) is 61.5 Å². The summed E-state index contributed by atoms with van der Waals surface area (Å²) in [5.41, 5.74) is 2.38. The van der Waals surface area contributed by atoms with Gasteiger partial charge in [-0.15, -0.1) is 0 Å². The van der Waals surface area contributed by atoms with Crippen LogP contribution in [-0.2, 0) is 16.1 Å². The van der Waals surface area contributed by atoms with E-state index in [1.807, 2.05) is 53.7 Å². The largest absolute Gasteiger partial charge is 0.484 e. The van der Waals surface area contributed by atoms with Crippen molar-refractivity contribution in [2.24, 2.45) is 0 Å². The van der Waals surface area contributed by atoms with Crippen molar-refractivity contribution in [2.45, 2.75) is 66.1 Å². The number of nitrogens with zero attached hydrogens (tertiary/aromatic N) is 1. The lowest BCUT2D eigenvalue weighted by Gasteiger charge is -2.33. The van der Waals surface area contributed by atoms with Crippen molar-refractivity contribution in [1.82, 2.24) is 10.2 Å². The van der Waals surface area contributed by atoms with Crippen molar-refractivity contribution in [3.63, 3.8) is 0 Å². The van der Waals surface area contributed by atoms with Crippen molar-refractivity contribution in [3.8, 4) is 5.75 Å². The van der Waals surface area contributed by atoms with E-state index in [2.05, 4.69) is 21.2 Å². The molecule has 1 N–H and O–H groups in total. The topological polar surface area (TPSA) is 58.6 Å². The zero-order chi connectivity index (χ0) is 24.9. The van der Waals surface area contributed by atoms with Crippen LogP contribution in [0.4, 0.5) is 0 Å². The fourth-order valence-electron chi connectivity index (χ4n) is 3.42. The van der Waals surface area contributed by atoms with Crippen molar-refractivity contribution in [2.75, 3.05) is 6.61 Å². The Hall–Kier alpha value is -1.76. The van der Waals surface area contributed by atoms with Gasteiger partial charge in [-0.05, 0) is 82.0 Å². The lowest BCUT2D eigenvalue weighted by atomic mass is 10.1. The highest BCUT2D eigenvalue weighted by Crippen LogP contribution is 2.27. The number of ether oxygens (including phenoxy) is 1. The number of aryl methyl sites for hydroxylation is 2. The molecule has 0 unspecified atom stereocenters. The highest BCUT2D eigenvalue weighted by Gasteiger charge is 2.31. The zero-order valence-corrected chi connectivity index (χ0v) is 23.0. The first-order valence-corrected chi connectivity index (χ1v) is 12.3. The molecule has 33 heavy (non-hydrogen) atoms. The number of amides is 2. The molecule has 2 amide bonds. The maximum absolute atomic E-state index is 13.3. The van der Waals surface area contributed by atoms with Gasteiger partial charge in [0.05, 0.1) is 10.0 Å². The second-order valence-electron chi connectivity index (χ2n) is 9.09. The highest BCUT2D eigenvalue weighted by molar-refractivity contribution is 9.10. The summed E-state index contributed by atoms with van der Waals surface area (Å²) in [5, 5.41) is 3.81. The average molecular weight is 558 g/mol. The molecule has 0 aliphatic heterocycles. The van der Waals surface area contributed by atoms with E-state index in [0.29, 0.717) is 22.2 Å². The highest BCUT2D eigenvalue weighted by atomic mass is 79.9. The Kier molecular flexibility index (Phi) is 9.65. The van der Waals surface area contributed by atoms with Gasteiger partial charge < -0.3 is 15.0 Å². The summed E-state index contributed by atoms with van der Waals surface area (Å²) in [6, 6.07) is 8.27. The van der Waals surface area contributed by atoms with Crippen LogP contribution in [0.25, 0.3) is 0 Å². The lowest BCUT2D eigenvalue weighted by Crippen LogP contribution is -2.54. The molecule has 5 nitrogen and oxygen atoms in total. The lowest BCUT2D eigenvalue weighted by molar-refractivity contribution is -0.143. The quantitative estimate of drug-likeness (QED) is 0.404. The van der Waals surface area contributed by atoms with Crippen molar-refractivity contribution >= 4 is 50.9 Å². The molecule has 180 valence electrons. The molecule has 0 radical (unpaired) electrons. The first kappa shape index (κ1) is 27.5. The van der Waals surface area contributed by atoms with Crippen LogP contribution in [-0.4, -0.2) is 34.9 Å². The Labute approximate surface area is 214 Å². The molecule has 8 heteroatoms. The second-order valence-corrected chi connectivity index (χ2v) is 10.7. The Morgan fingerprint density at radius 2 is 1.70 bits per heavy atom. The molecule has 0 aliphatic rings. The number of nitrogens with one attached hydrogen (secondary N) is 1. The van der Waals surface area contributed by atoms with Crippen LogP contribution in [0.3, 0.4) is 0 Å². The van der Waals surface area contributed by atoms with Gasteiger partial charge in [-0.1, -0.05) is 52.1 Å². The third-order valence-corrected chi connectivity index (χ3v) is 6.98. The summed E-state index contributed by atoms with van der Waals surface area (Å²) in [4.78, 5) is 27.9. The summed E-state index contributed by atoms with van der Waals surface area (Å²) in [6.07, 6.45) is 0.450. The molecule has 2 aromatic rings. The van der Waals surface area contributed by atoms with Gasteiger partial charge in [0.2, 0.25) is 5.91 Å². The molecule has 0 bridgehead atoms. The average Bonchev–Trinajstić information content (AvgIpc) is 2.71. The Morgan fingerprint density at radius 3 is 2.21 bits per heavy atom. The molecule has 0 aromatic heterocycles. The summed E-state index contributed by atoms with van der Waals surface area (Å²) in [7, 11) is 0. The van der Waals surface area contributed by atoms with Crippen LogP contribution in [0, 0.1) is 13.8 Å². The Bertz CT molecular complexity index is 998. The van der Waals surface area contributed by atoms with Crippen LogP contribution in [0.15, 0.2) is 34.8 Å². The van der Waals surface area contributed by atoms with Gasteiger partial charge in [-0.25, -0.2) is 0 Å². The number of halogens is 3. The molecule has 0 spiro atoms. The number of hydrogen-bond donors (Lipinski definition) is 1. The van der Waals surface area contributed by atoms with E-state index < -0.39 is 11.6 Å². The number of benzene rings is 2. The Balaban J connectivity index is 2.30. The standard InChI is InChI=1S/C25H31BrCl2N2O3/c1-7-21(24(32)29-25(4,5)6)30(13-17-8-9-19(27)20(28)12-17)22(31)14-33-18-10-15(2)23(26)16(3)11-18/h8-12,21H,7,13-14H2,1-6H3,(H,29,32)/t21-/m0/s1. The first-order valence-electron chi connectivity index (χ1n) is 10.8. The van der Waals surface area contributed by atoms with E-state index in [9.17, 15) is 9.59 Å². The summed E-state index contributed by atoms with van der Waals surface area (Å²) in [5.74, 6) is 0.0900. The van der Waals surface area contributed by atoms with Crippen LogP contribution >= 0.6 is 39.1 Å². The number of carbonyl (C=O) groups excluding carboxylic acids is 2. The molecule has 2 aromatic carbocycles. The number of carbonyl (C=O) groups is 2. The predicted octanol–water partition coefficient (Wildman–Crippen LogP) is 6.47. The van der Waals surface area contributed by atoms with Gasteiger partial charge in [0, 0.05) is 16.6 Å². The molecule has 0 aliphatic carbocycles. The van der Waals surface area contributed by atoms with Gasteiger partial charge >= 0.3 is 0 Å². The number of rotatable bonds is 8. The monoisotopic (exact) mass is 556 g/mol. The zero-order valence-electron chi connectivity index (χ0n) is 19.9. The fraction of sp³-hybridized carbons (Fsp3) is 0.440. The van der Waals surface area contributed by atoms with E-state index >= 15 is 0 Å². The van der Waals surface area contributed by atoms with Gasteiger partial charge in [-0.2, -0.15) is 0 Å². The maximum atomic E-state index is 13.3. The smallest absolute Gasteiger partial charge is 0.261 e. The minimum Gasteiger partial charge on any atom is -0.484 e. The van der Waals surface area contributed by atoms with Gasteiger partial charge in [0.15, 0.2) is 6.61 Å². The van der Waals surface area contributed by atoms with E-state index in [1.54, 1.807) is 23.1 Å². The first-order chi connectivity index (χ1) is 15.3. The molecule has 0 heterocycles. The molecule has 0 saturated heterocycles. The van der Waals surface area contributed by atoms with E-state index in [4.69, 9.17) is 27.9 Å². The minimum absolute atomic E-state index is 0.193. The maximum Gasteiger partial charge on any atom is 0.261 e. The molecule has 2 rings (SSSR count).